The molecule has 8 heteroatoms. The predicted octanol–water partition coefficient (Wildman–Crippen LogP) is 2.26. The zero-order valence-electron chi connectivity index (χ0n) is 21.5. The monoisotopic (exact) mass is 476 g/mol. The lowest BCUT2D eigenvalue weighted by atomic mass is 9.92. The number of carbonyl (C=O) groups is 1. The molecular weight excluding hydrogens is 424 g/mol. The van der Waals surface area contributed by atoms with Crippen LogP contribution >= 0.6 is 0 Å². The third-order valence-electron chi connectivity index (χ3n) is 6.02. The lowest BCUT2D eigenvalue weighted by Gasteiger charge is -2.34. The molecule has 0 rings (SSSR count). The van der Waals surface area contributed by atoms with E-state index in [-0.39, 0.29) is 18.1 Å². The predicted molar refractivity (Wildman–Crippen MR) is 132 cm³/mol. The number of unbranched alkanes of at least 4 members (excludes halogenated alkanes) is 7. The Bertz CT molecular complexity index is 464. The molecule has 0 aromatic carbocycles. The Morgan fingerprint density at radius 1 is 0.727 bits per heavy atom. The minimum Gasteiger partial charge on any atom is -0.469 e. The number of carbonyl (C=O) groups excluding carboxylic acids is 1. The number of methoxy groups -OCH3 is 1. The molecule has 33 heavy (non-hydrogen) atoms. The molecule has 0 saturated heterocycles. The first kappa shape index (κ1) is 32.2. The second kappa shape index (κ2) is 20.6. The number of esters is 1. The Labute approximate surface area is 201 Å². The van der Waals surface area contributed by atoms with Crippen LogP contribution in [0.15, 0.2) is 0 Å². The summed E-state index contributed by atoms with van der Waals surface area (Å²) in [7, 11) is 1.40. The van der Waals surface area contributed by atoms with Crippen molar-refractivity contribution in [2.24, 2.45) is 0 Å². The Kier molecular flexibility index (Phi) is 20.1. The van der Waals surface area contributed by atoms with Gasteiger partial charge in [-0.25, -0.2) is 0 Å². The highest BCUT2D eigenvalue weighted by Gasteiger charge is 2.31. The van der Waals surface area contributed by atoms with E-state index in [9.17, 15) is 25.2 Å². The third-order valence-corrected chi connectivity index (χ3v) is 6.02. The van der Waals surface area contributed by atoms with E-state index >= 15 is 0 Å². The van der Waals surface area contributed by atoms with Crippen molar-refractivity contribution in [2.75, 3.05) is 20.2 Å². The Balaban J connectivity index is 4.77. The van der Waals surface area contributed by atoms with Crippen LogP contribution in [0.3, 0.4) is 0 Å². The summed E-state index contributed by atoms with van der Waals surface area (Å²) in [6.07, 6.45) is 7.72. The van der Waals surface area contributed by atoms with Crippen molar-refractivity contribution in [3.05, 3.63) is 0 Å². The third kappa shape index (κ3) is 17.3. The number of aliphatic hydroxyl groups excluding tert-OH is 4. The summed E-state index contributed by atoms with van der Waals surface area (Å²) in [5.74, 6) is -0.178. The maximum atomic E-state index is 11.2. The molecule has 0 spiro atoms. The quantitative estimate of drug-likeness (QED) is 0.104. The molecule has 0 amide bonds. The molecule has 0 bridgehead atoms. The summed E-state index contributed by atoms with van der Waals surface area (Å²) in [6, 6.07) is -0.642. The summed E-state index contributed by atoms with van der Waals surface area (Å²) in [6.45, 7) is 6.24. The fourth-order valence-corrected chi connectivity index (χ4v) is 3.96. The first-order chi connectivity index (χ1) is 15.7. The number of nitrogens with one attached hydrogen (secondary N) is 2. The zero-order valence-corrected chi connectivity index (χ0v) is 21.5. The van der Waals surface area contributed by atoms with Crippen LogP contribution in [-0.4, -0.2) is 83.1 Å². The van der Waals surface area contributed by atoms with Crippen molar-refractivity contribution in [3.8, 4) is 0 Å². The molecule has 0 aliphatic rings. The lowest BCUT2D eigenvalue weighted by Crippen LogP contribution is -2.55. The van der Waals surface area contributed by atoms with E-state index in [0.717, 1.165) is 64.2 Å². The van der Waals surface area contributed by atoms with Crippen LogP contribution in [0.1, 0.15) is 97.8 Å². The largest absolute Gasteiger partial charge is 0.469 e. The minimum absolute atomic E-state index is 0.178. The van der Waals surface area contributed by atoms with E-state index in [0.29, 0.717) is 25.9 Å². The van der Waals surface area contributed by atoms with Gasteiger partial charge in [0.2, 0.25) is 0 Å². The van der Waals surface area contributed by atoms with Crippen molar-refractivity contribution in [2.45, 2.75) is 134 Å². The Morgan fingerprint density at radius 2 is 1.15 bits per heavy atom. The van der Waals surface area contributed by atoms with Gasteiger partial charge in [-0.15, -0.1) is 0 Å². The molecule has 0 saturated carbocycles. The van der Waals surface area contributed by atoms with Crippen LogP contribution in [0.4, 0.5) is 0 Å². The topological polar surface area (TPSA) is 131 Å². The molecule has 8 nitrogen and oxygen atoms in total. The minimum atomic E-state index is -0.985. The normalized spacial score (nSPS) is 17.2. The molecule has 6 atom stereocenters. The summed E-state index contributed by atoms with van der Waals surface area (Å²) < 4.78 is 4.65. The van der Waals surface area contributed by atoms with Gasteiger partial charge in [0.15, 0.2) is 0 Å². The fourth-order valence-electron chi connectivity index (χ4n) is 3.96. The van der Waals surface area contributed by atoms with Gasteiger partial charge in [-0.1, -0.05) is 58.3 Å². The standard InChI is InChI=1S/C25H52N2O6/c1-5-6-7-11-14-21(26-17-19(2)28)24(31)25(32)22(27-18-20(3)29)15-12-9-8-10-13-16-23(30)33-4/h19-22,24-29,31-32H,5-18H2,1-4H3. The molecule has 0 fully saturated rings. The van der Waals surface area contributed by atoms with Crippen LogP contribution in [0, 0.1) is 0 Å². The molecule has 0 aliphatic carbocycles. The molecule has 0 aromatic heterocycles. The summed E-state index contributed by atoms with van der Waals surface area (Å²) in [4.78, 5) is 11.2. The van der Waals surface area contributed by atoms with Crippen LogP contribution < -0.4 is 10.6 Å². The Morgan fingerprint density at radius 3 is 1.58 bits per heavy atom. The van der Waals surface area contributed by atoms with Gasteiger partial charge in [-0.3, -0.25) is 4.79 Å². The van der Waals surface area contributed by atoms with Crippen molar-refractivity contribution in [1.82, 2.24) is 10.6 Å². The molecular formula is C25H52N2O6. The van der Waals surface area contributed by atoms with E-state index in [1.54, 1.807) is 13.8 Å². The van der Waals surface area contributed by atoms with Crippen LogP contribution in [0.25, 0.3) is 0 Å². The fraction of sp³-hybridized carbons (Fsp3) is 0.960. The average molecular weight is 477 g/mol. The van der Waals surface area contributed by atoms with Crippen molar-refractivity contribution in [3.63, 3.8) is 0 Å². The maximum Gasteiger partial charge on any atom is 0.305 e. The maximum absolute atomic E-state index is 11.2. The molecule has 198 valence electrons. The van der Waals surface area contributed by atoms with Gasteiger partial charge in [0.25, 0.3) is 0 Å². The highest BCUT2D eigenvalue weighted by molar-refractivity contribution is 5.68. The number of ether oxygens (including phenoxy) is 1. The molecule has 0 aliphatic heterocycles. The number of aliphatic hydroxyl groups is 4. The summed E-state index contributed by atoms with van der Waals surface area (Å²) in [5, 5.41) is 47.8. The van der Waals surface area contributed by atoms with Crippen molar-refractivity contribution < 1.29 is 30.0 Å². The lowest BCUT2D eigenvalue weighted by molar-refractivity contribution is -0.140. The van der Waals surface area contributed by atoms with Gasteiger partial charge >= 0.3 is 5.97 Å². The van der Waals surface area contributed by atoms with Gasteiger partial charge < -0.3 is 35.8 Å². The molecule has 0 radical (unpaired) electrons. The van der Waals surface area contributed by atoms with Crippen molar-refractivity contribution in [1.29, 1.82) is 0 Å². The highest BCUT2D eigenvalue weighted by Crippen LogP contribution is 2.17. The van der Waals surface area contributed by atoms with E-state index in [1.165, 1.54) is 7.11 Å². The summed E-state index contributed by atoms with van der Waals surface area (Å²) >= 11 is 0. The molecule has 0 aromatic rings. The van der Waals surface area contributed by atoms with E-state index in [4.69, 9.17) is 0 Å². The van der Waals surface area contributed by atoms with Gasteiger partial charge in [0.1, 0.15) is 0 Å². The Hall–Kier alpha value is -0.770. The van der Waals surface area contributed by atoms with Gasteiger partial charge in [-0.05, 0) is 33.1 Å². The van der Waals surface area contributed by atoms with Crippen molar-refractivity contribution >= 4 is 5.97 Å². The average Bonchev–Trinajstić information content (AvgIpc) is 2.78. The smallest absolute Gasteiger partial charge is 0.305 e. The molecule has 6 unspecified atom stereocenters. The number of hydrogen-bond donors (Lipinski definition) is 6. The SMILES string of the molecule is CCCCCCC(NCC(C)O)C(O)C(O)C(CCCCCCCC(=O)OC)NCC(C)O. The van der Waals surface area contributed by atoms with Crippen LogP contribution in [0.5, 0.6) is 0 Å². The van der Waals surface area contributed by atoms with Crippen LogP contribution in [0.2, 0.25) is 0 Å². The van der Waals surface area contributed by atoms with E-state index < -0.39 is 24.4 Å². The van der Waals surface area contributed by atoms with E-state index in [2.05, 4.69) is 22.3 Å². The van der Waals surface area contributed by atoms with Gasteiger partial charge in [0.05, 0.1) is 31.5 Å². The first-order valence-electron chi connectivity index (χ1n) is 13.0. The van der Waals surface area contributed by atoms with E-state index in [1.807, 2.05) is 0 Å². The zero-order chi connectivity index (χ0) is 25.1. The van der Waals surface area contributed by atoms with Crippen LogP contribution in [-0.2, 0) is 9.53 Å². The van der Waals surface area contributed by atoms with Gasteiger partial charge in [0, 0.05) is 31.6 Å². The second-order valence-corrected chi connectivity index (χ2v) is 9.44. The number of rotatable bonds is 22. The first-order valence-corrected chi connectivity index (χ1v) is 13.0. The number of hydrogen-bond acceptors (Lipinski definition) is 8. The van der Waals surface area contributed by atoms with Gasteiger partial charge in [-0.2, -0.15) is 0 Å². The molecule has 6 N–H and O–H groups in total. The molecule has 0 heterocycles. The second-order valence-electron chi connectivity index (χ2n) is 9.44. The summed E-state index contributed by atoms with van der Waals surface area (Å²) in [5.41, 5.74) is 0. The highest BCUT2D eigenvalue weighted by atomic mass is 16.5.